The predicted molar refractivity (Wildman–Crippen MR) is 70.2 cm³/mol. The van der Waals surface area contributed by atoms with Gasteiger partial charge in [-0.15, -0.1) is 0 Å². The van der Waals surface area contributed by atoms with Gasteiger partial charge in [0.15, 0.2) is 0 Å². The number of carbonyl (C=O) groups is 2. The average Bonchev–Trinajstić information content (AvgIpc) is 2.39. The van der Waals surface area contributed by atoms with Crippen molar-refractivity contribution in [2.75, 3.05) is 13.6 Å². The summed E-state index contributed by atoms with van der Waals surface area (Å²) in [6.45, 7) is 2.10. The number of nitriles is 1. The van der Waals surface area contributed by atoms with Crippen LogP contribution >= 0.6 is 0 Å². The van der Waals surface area contributed by atoms with Crippen LogP contribution in [0.1, 0.15) is 45.4 Å². The molecule has 0 heterocycles. The van der Waals surface area contributed by atoms with Gasteiger partial charge in [-0.2, -0.15) is 5.26 Å². The van der Waals surface area contributed by atoms with Crippen LogP contribution in [-0.2, 0) is 9.59 Å². The lowest BCUT2D eigenvalue weighted by Crippen LogP contribution is -2.40. The number of aliphatic carboxylic acids is 1. The molecule has 1 aliphatic rings. The van der Waals surface area contributed by atoms with Gasteiger partial charge in [-0.25, -0.2) is 0 Å². The first-order valence-electron chi connectivity index (χ1n) is 6.78. The minimum Gasteiger partial charge on any atom is -0.481 e. The molecule has 1 N–H and O–H groups in total. The lowest BCUT2D eigenvalue weighted by molar-refractivity contribution is -0.155. The molecule has 1 aliphatic carbocycles. The molecule has 0 bridgehead atoms. The Morgan fingerprint density at radius 3 is 2.42 bits per heavy atom. The largest absolute Gasteiger partial charge is 0.481 e. The van der Waals surface area contributed by atoms with Gasteiger partial charge < -0.3 is 10.0 Å². The third kappa shape index (κ3) is 3.95. The van der Waals surface area contributed by atoms with E-state index in [0.29, 0.717) is 19.4 Å². The number of carboxylic acid groups (broad SMARTS) is 1. The molecule has 5 heteroatoms. The molecule has 1 saturated carbocycles. The molecule has 0 saturated heterocycles. The van der Waals surface area contributed by atoms with Crippen molar-refractivity contribution < 1.29 is 14.7 Å². The van der Waals surface area contributed by atoms with E-state index in [0.717, 1.165) is 19.3 Å². The van der Waals surface area contributed by atoms with Gasteiger partial charge in [0.1, 0.15) is 0 Å². The van der Waals surface area contributed by atoms with Crippen LogP contribution in [0, 0.1) is 22.7 Å². The zero-order chi connectivity index (χ0) is 14.5. The van der Waals surface area contributed by atoms with E-state index in [1.54, 1.807) is 14.0 Å². The highest BCUT2D eigenvalue weighted by molar-refractivity contribution is 5.85. The number of rotatable bonds is 5. The molecule has 1 unspecified atom stereocenters. The second-order valence-corrected chi connectivity index (χ2v) is 5.63. The Hall–Kier alpha value is -1.57. The van der Waals surface area contributed by atoms with Crippen molar-refractivity contribution in [3.63, 3.8) is 0 Å². The quantitative estimate of drug-likeness (QED) is 0.825. The number of amides is 1. The standard InChI is InChI=1S/C14H22N2O3/c1-11(9-15)10-16(2)12(17)8-14(13(18)19)6-4-3-5-7-14/h11H,3-8,10H2,1-2H3,(H,18,19). The molecule has 1 atom stereocenters. The van der Waals surface area contributed by atoms with Gasteiger partial charge in [-0.05, 0) is 19.8 Å². The van der Waals surface area contributed by atoms with Gasteiger partial charge in [0, 0.05) is 20.0 Å². The summed E-state index contributed by atoms with van der Waals surface area (Å²) in [4.78, 5) is 25.1. The van der Waals surface area contributed by atoms with Crippen molar-refractivity contribution in [2.45, 2.75) is 45.4 Å². The molecule has 1 amide bonds. The van der Waals surface area contributed by atoms with Crippen LogP contribution in [0.15, 0.2) is 0 Å². The minimum absolute atomic E-state index is 0.0526. The normalized spacial score (nSPS) is 19.2. The number of hydrogen-bond acceptors (Lipinski definition) is 3. The Kier molecular flexibility index (Phi) is 5.34. The van der Waals surface area contributed by atoms with Crippen LogP contribution < -0.4 is 0 Å². The van der Waals surface area contributed by atoms with Crippen molar-refractivity contribution in [1.29, 1.82) is 5.26 Å². The van der Waals surface area contributed by atoms with Gasteiger partial charge in [0.25, 0.3) is 0 Å². The molecule has 0 aromatic carbocycles. The van der Waals surface area contributed by atoms with Gasteiger partial charge in [0.05, 0.1) is 17.4 Å². The van der Waals surface area contributed by atoms with Crippen molar-refractivity contribution in [3.8, 4) is 6.07 Å². The summed E-state index contributed by atoms with van der Waals surface area (Å²) >= 11 is 0. The third-order valence-electron chi connectivity index (χ3n) is 3.95. The first kappa shape index (κ1) is 15.5. The Morgan fingerprint density at radius 1 is 1.37 bits per heavy atom. The Bertz CT molecular complexity index is 381. The third-order valence-corrected chi connectivity index (χ3v) is 3.95. The summed E-state index contributed by atoms with van der Waals surface area (Å²) in [5.74, 6) is -1.27. The first-order valence-corrected chi connectivity index (χ1v) is 6.78. The van der Waals surface area contributed by atoms with Crippen LogP contribution in [-0.4, -0.2) is 35.5 Å². The molecule has 0 aromatic rings. The van der Waals surface area contributed by atoms with Crippen LogP contribution in [0.3, 0.4) is 0 Å². The summed E-state index contributed by atoms with van der Waals surface area (Å²) in [5.41, 5.74) is -0.889. The second-order valence-electron chi connectivity index (χ2n) is 5.63. The summed E-state index contributed by atoms with van der Waals surface area (Å²) in [6.07, 6.45) is 4.00. The topological polar surface area (TPSA) is 81.4 Å². The molecule has 19 heavy (non-hydrogen) atoms. The average molecular weight is 266 g/mol. The Labute approximate surface area is 114 Å². The monoisotopic (exact) mass is 266 g/mol. The van der Waals surface area contributed by atoms with E-state index in [2.05, 4.69) is 6.07 Å². The van der Waals surface area contributed by atoms with Crippen LogP contribution in [0.4, 0.5) is 0 Å². The second kappa shape index (κ2) is 6.55. The van der Waals surface area contributed by atoms with Gasteiger partial charge >= 0.3 is 5.97 Å². The number of nitrogens with zero attached hydrogens (tertiary/aromatic N) is 2. The number of carbonyl (C=O) groups excluding carboxylic acids is 1. The molecule has 5 nitrogen and oxygen atoms in total. The van der Waals surface area contributed by atoms with E-state index in [1.165, 1.54) is 4.90 Å². The van der Waals surface area contributed by atoms with E-state index in [9.17, 15) is 14.7 Å². The molecule has 106 valence electrons. The highest BCUT2D eigenvalue weighted by Gasteiger charge is 2.42. The number of carboxylic acids is 1. The van der Waals surface area contributed by atoms with E-state index >= 15 is 0 Å². The first-order chi connectivity index (χ1) is 8.91. The smallest absolute Gasteiger partial charge is 0.310 e. The maximum atomic E-state index is 12.1. The number of hydrogen-bond donors (Lipinski definition) is 1. The van der Waals surface area contributed by atoms with Crippen LogP contribution in [0.2, 0.25) is 0 Å². The molecule has 0 aromatic heterocycles. The Balaban J connectivity index is 2.67. The fraction of sp³-hybridized carbons (Fsp3) is 0.786. The maximum absolute atomic E-state index is 12.1. The minimum atomic E-state index is -0.889. The lowest BCUT2D eigenvalue weighted by Gasteiger charge is -2.34. The maximum Gasteiger partial charge on any atom is 0.310 e. The van der Waals surface area contributed by atoms with Crippen LogP contribution in [0.25, 0.3) is 0 Å². The fourth-order valence-electron chi connectivity index (χ4n) is 2.67. The molecular weight excluding hydrogens is 244 g/mol. The molecule has 0 radical (unpaired) electrons. The summed E-state index contributed by atoms with van der Waals surface area (Å²) < 4.78 is 0. The fourth-order valence-corrected chi connectivity index (χ4v) is 2.67. The van der Waals surface area contributed by atoms with Gasteiger partial charge in [0.2, 0.25) is 5.91 Å². The van der Waals surface area contributed by atoms with Crippen molar-refractivity contribution in [3.05, 3.63) is 0 Å². The van der Waals surface area contributed by atoms with E-state index < -0.39 is 11.4 Å². The Morgan fingerprint density at radius 2 is 1.95 bits per heavy atom. The SMILES string of the molecule is CC(C#N)CN(C)C(=O)CC1(C(=O)O)CCCCC1. The van der Waals surface area contributed by atoms with Gasteiger partial charge in [-0.1, -0.05) is 19.3 Å². The molecule has 0 aliphatic heterocycles. The van der Waals surface area contributed by atoms with Crippen molar-refractivity contribution in [2.24, 2.45) is 11.3 Å². The molecular formula is C14H22N2O3. The highest BCUT2D eigenvalue weighted by atomic mass is 16.4. The molecule has 0 spiro atoms. The van der Waals surface area contributed by atoms with Gasteiger partial charge in [-0.3, -0.25) is 9.59 Å². The lowest BCUT2D eigenvalue weighted by atomic mass is 9.71. The summed E-state index contributed by atoms with van der Waals surface area (Å²) in [7, 11) is 1.63. The molecule has 1 fully saturated rings. The predicted octanol–water partition coefficient (Wildman–Crippen LogP) is 2.03. The van der Waals surface area contributed by atoms with E-state index in [-0.39, 0.29) is 18.2 Å². The molecule has 1 rings (SSSR count). The van der Waals surface area contributed by atoms with E-state index in [4.69, 9.17) is 5.26 Å². The van der Waals surface area contributed by atoms with E-state index in [1.807, 2.05) is 0 Å². The zero-order valence-electron chi connectivity index (χ0n) is 11.7. The zero-order valence-corrected chi connectivity index (χ0v) is 11.7. The summed E-state index contributed by atoms with van der Waals surface area (Å²) in [6, 6.07) is 2.08. The summed E-state index contributed by atoms with van der Waals surface area (Å²) in [5, 5.41) is 18.2. The highest BCUT2D eigenvalue weighted by Crippen LogP contribution is 2.40. The van der Waals surface area contributed by atoms with Crippen LogP contribution in [0.5, 0.6) is 0 Å². The van der Waals surface area contributed by atoms with Crippen molar-refractivity contribution >= 4 is 11.9 Å². The van der Waals surface area contributed by atoms with Crippen molar-refractivity contribution in [1.82, 2.24) is 4.90 Å².